The molecule has 0 rings (SSSR count). The molecule has 1 unspecified atom stereocenters. The summed E-state index contributed by atoms with van der Waals surface area (Å²) >= 11 is 0. The van der Waals surface area contributed by atoms with Crippen LogP contribution in [0.15, 0.2) is 0 Å². The van der Waals surface area contributed by atoms with Gasteiger partial charge in [0, 0.05) is 6.61 Å². The maximum atomic E-state index is 5.56. The minimum Gasteiger partial charge on any atom is -0.404 e. The summed E-state index contributed by atoms with van der Waals surface area (Å²) in [6, 6.07) is 0. The summed E-state index contributed by atoms with van der Waals surface area (Å²) in [6.45, 7) is 7.41. The Morgan fingerprint density at radius 1 is 1.25 bits per heavy atom. The van der Waals surface area contributed by atoms with Gasteiger partial charge in [0.2, 0.25) is 0 Å². The molecule has 0 saturated heterocycles. The van der Waals surface area contributed by atoms with E-state index in [0.29, 0.717) is 0 Å². The van der Waals surface area contributed by atoms with Gasteiger partial charge in [0.15, 0.2) is 0 Å². The largest absolute Gasteiger partial charge is 0.404 e. The molecule has 0 aromatic carbocycles. The molecule has 0 amide bonds. The third-order valence-electron chi connectivity index (χ3n) is 1.79. The Labute approximate surface area is 79.2 Å². The van der Waals surface area contributed by atoms with Crippen LogP contribution in [-0.2, 0) is 9.16 Å². The summed E-state index contributed by atoms with van der Waals surface area (Å²) in [4.78, 5) is 0. The SMILES string of the molecule is CCCC(O[SiH3])OCCC(C)C. The lowest BCUT2D eigenvalue weighted by Gasteiger charge is -2.16. The van der Waals surface area contributed by atoms with Crippen LogP contribution < -0.4 is 0 Å². The van der Waals surface area contributed by atoms with Crippen LogP contribution in [0.2, 0.25) is 0 Å². The summed E-state index contributed by atoms with van der Waals surface area (Å²) in [5, 5.41) is 0. The van der Waals surface area contributed by atoms with Crippen molar-refractivity contribution in [2.75, 3.05) is 6.61 Å². The molecule has 74 valence electrons. The zero-order chi connectivity index (χ0) is 9.40. The third-order valence-corrected chi connectivity index (χ3v) is 2.31. The molecule has 0 spiro atoms. The summed E-state index contributed by atoms with van der Waals surface area (Å²) in [5.74, 6) is 0.723. The fourth-order valence-electron chi connectivity index (χ4n) is 0.940. The lowest BCUT2D eigenvalue weighted by Crippen LogP contribution is -2.17. The zero-order valence-electron chi connectivity index (χ0n) is 8.80. The van der Waals surface area contributed by atoms with Gasteiger partial charge in [0.1, 0.15) is 16.8 Å². The topological polar surface area (TPSA) is 18.5 Å². The minimum atomic E-state index is 0.0698. The molecule has 12 heavy (non-hydrogen) atoms. The molecule has 0 aliphatic rings. The van der Waals surface area contributed by atoms with Crippen molar-refractivity contribution < 1.29 is 9.16 Å². The van der Waals surface area contributed by atoms with Crippen molar-refractivity contribution in [2.45, 2.75) is 46.3 Å². The van der Waals surface area contributed by atoms with E-state index >= 15 is 0 Å². The number of hydrogen-bond acceptors (Lipinski definition) is 2. The first kappa shape index (κ1) is 12.1. The van der Waals surface area contributed by atoms with Gasteiger partial charge in [-0.15, -0.1) is 0 Å². The molecule has 0 aromatic heterocycles. The van der Waals surface area contributed by atoms with Gasteiger partial charge in [-0.25, -0.2) is 0 Å². The average molecular weight is 190 g/mol. The Morgan fingerprint density at radius 3 is 2.33 bits per heavy atom. The van der Waals surface area contributed by atoms with Crippen molar-refractivity contribution in [3.63, 3.8) is 0 Å². The maximum absolute atomic E-state index is 5.56. The lowest BCUT2D eigenvalue weighted by molar-refractivity contribution is -0.0839. The summed E-state index contributed by atoms with van der Waals surface area (Å²) in [5.41, 5.74) is 0. The van der Waals surface area contributed by atoms with Gasteiger partial charge < -0.3 is 9.16 Å². The smallest absolute Gasteiger partial charge is 0.149 e. The van der Waals surface area contributed by atoms with E-state index in [0.717, 1.165) is 42.3 Å². The molecule has 0 aliphatic carbocycles. The van der Waals surface area contributed by atoms with Crippen molar-refractivity contribution in [1.82, 2.24) is 0 Å². The highest BCUT2D eigenvalue weighted by Crippen LogP contribution is 2.05. The van der Waals surface area contributed by atoms with Crippen molar-refractivity contribution in [3.8, 4) is 0 Å². The lowest BCUT2D eigenvalue weighted by atomic mass is 10.1. The molecule has 1 atom stereocenters. The molecule has 0 aliphatic heterocycles. The van der Waals surface area contributed by atoms with Crippen LogP contribution in [0.4, 0.5) is 0 Å². The zero-order valence-corrected chi connectivity index (χ0v) is 10.8. The van der Waals surface area contributed by atoms with Crippen LogP contribution in [0, 0.1) is 5.92 Å². The van der Waals surface area contributed by atoms with Crippen LogP contribution in [0.1, 0.15) is 40.0 Å². The monoisotopic (exact) mass is 190 g/mol. The molecular weight excluding hydrogens is 168 g/mol. The Kier molecular flexibility index (Phi) is 7.86. The molecule has 0 heterocycles. The molecule has 0 radical (unpaired) electrons. The predicted molar refractivity (Wildman–Crippen MR) is 55.1 cm³/mol. The van der Waals surface area contributed by atoms with Gasteiger partial charge in [0.25, 0.3) is 0 Å². The normalized spacial score (nSPS) is 14.0. The van der Waals surface area contributed by atoms with Gasteiger partial charge in [-0.05, 0) is 18.8 Å². The number of rotatable bonds is 7. The number of hydrogen-bond donors (Lipinski definition) is 0. The first-order valence-corrected chi connectivity index (χ1v) is 5.66. The number of ether oxygens (including phenoxy) is 1. The van der Waals surface area contributed by atoms with Gasteiger partial charge in [0.05, 0.1) is 0 Å². The minimum absolute atomic E-state index is 0.0698. The van der Waals surface area contributed by atoms with E-state index in [1.54, 1.807) is 0 Å². The van der Waals surface area contributed by atoms with Crippen molar-refractivity contribution in [1.29, 1.82) is 0 Å². The predicted octanol–water partition coefficient (Wildman–Crippen LogP) is 1.47. The van der Waals surface area contributed by atoms with E-state index in [1.807, 2.05) is 0 Å². The van der Waals surface area contributed by atoms with Crippen LogP contribution >= 0.6 is 0 Å². The van der Waals surface area contributed by atoms with Crippen molar-refractivity contribution >= 4 is 10.5 Å². The van der Waals surface area contributed by atoms with Gasteiger partial charge >= 0.3 is 0 Å². The quantitative estimate of drug-likeness (QED) is 0.447. The highest BCUT2D eigenvalue weighted by Gasteiger charge is 2.04. The fourth-order valence-corrected chi connectivity index (χ4v) is 1.31. The van der Waals surface area contributed by atoms with Crippen LogP contribution in [0.5, 0.6) is 0 Å². The van der Waals surface area contributed by atoms with Gasteiger partial charge in [-0.1, -0.05) is 27.2 Å². The van der Waals surface area contributed by atoms with E-state index < -0.39 is 0 Å². The molecule has 0 bridgehead atoms. The standard InChI is InChI=1S/C9H22O2Si/c1-4-5-9(11-12)10-7-6-8(2)3/h8-9H,4-7H2,1-3,12H3. The first-order valence-electron chi connectivity index (χ1n) is 4.85. The van der Waals surface area contributed by atoms with Gasteiger partial charge in [-0.3, -0.25) is 0 Å². The first-order chi connectivity index (χ1) is 5.70. The molecule has 0 N–H and O–H groups in total. The Morgan fingerprint density at radius 2 is 1.92 bits per heavy atom. The molecule has 0 aromatic rings. The van der Waals surface area contributed by atoms with Crippen LogP contribution in [0.3, 0.4) is 0 Å². The fraction of sp³-hybridized carbons (Fsp3) is 1.00. The highest BCUT2D eigenvalue weighted by molar-refractivity contribution is 5.98. The maximum Gasteiger partial charge on any atom is 0.149 e. The summed E-state index contributed by atoms with van der Waals surface area (Å²) in [7, 11) is 0.774. The van der Waals surface area contributed by atoms with E-state index in [-0.39, 0.29) is 6.29 Å². The van der Waals surface area contributed by atoms with E-state index in [2.05, 4.69) is 20.8 Å². The Balaban J connectivity index is 3.31. The van der Waals surface area contributed by atoms with E-state index in [4.69, 9.17) is 9.16 Å². The van der Waals surface area contributed by atoms with Crippen molar-refractivity contribution in [2.24, 2.45) is 5.92 Å². The molecule has 0 fully saturated rings. The molecule has 0 saturated carbocycles. The highest BCUT2D eigenvalue weighted by atomic mass is 28.2. The van der Waals surface area contributed by atoms with Crippen LogP contribution in [0.25, 0.3) is 0 Å². The second-order valence-corrected chi connectivity index (χ2v) is 3.98. The second kappa shape index (κ2) is 7.77. The Bertz CT molecular complexity index is 96.5. The van der Waals surface area contributed by atoms with E-state index in [1.165, 1.54) is 0 Å². The molecular formula is C9H22O2Si. The summed E-state index contributed by atoms with van der Waals surface area (Å²) in [6.07, 6.45) is 3.36. The van der Waals surface area contributed by atoms with E-state index in [9.17, 15) is 0 Å². The summed E-state index contributed by atoms with van der Waals surface area (Å²) < 4.78 is 10.8. The van der Waals surface area contributed by atoms with Gasteiger partial charge in [-0.2, -0.15) is 0 Å². The Hall–Kier alpha value is 0.137. The average Bonchev–Trinajstić information content (AvgIpc) is 2.02. The second-order valence-electron chi connectivity index (χ2n) is 3.51. The van der Waals surface area contributed by atoms with Crippen molar-refractivity contribution in [3.05, 3.63) is 0 Å². The molecule has 2 nitrogen and oxygen atoms in total. The van der Waals surface area contributed by atoms with Crippen LogP contribution in [-0.4, -0.2) is 23.4 Å². The third kappa shape index (κ3) is 6.82. The molecule has 3 heteroatoms.